The molecule has 120 valence electrons. The summed E-state index contributed by atoms with van der Waals surface area (Å²) in [6.45, 7) is 1.40. The van der Waals surface area contributed by atoms with Gasteiger partial charge in [-0.3, -0.25) is 0 Å². The summed E-state index contributed by atoms with van der Waals surface area (Å²) >= 11 is 1.75. The Morgan fingerprint density at radius 2 is 1.77 bits per heavy atom. The van der Waals surface area contributed by atoms with Crippen molar-refractivity contribution >= 4 is 27.7 Å². The molecule has 6 heteroatoms. The lowest BCUT2D eigenvalue weighted by molar-refractivity contribution is -0.146. The highest BCUT2D eigenvalue weighted by molar-refractivity contribution is 7.99. The molecule has 0 atom stereocenters. The van der Waals surface area contributed by atoms with Crippen molar-refractivity contribution < 1.29 is 17.9 Å². The number of sulfone groups is 1. The number of benzene rings is 1. The highest BCUT2D eigenvalue weighted by Crippen LogP contribution is 2.16. The Balaban J connectivity index is 1.86. The van der Waals surface area contributed by atoms with Crippen molar-refractivity contribution in [1.29, 1.82) is 0 Å². The van der Waals surface area contributed by atoms with Crippen LogP contribution in [-0.4, -0.2) is 45.7 Å². The van der Waals surface area contributed by atoms with Crippen LogP contribution in [0.5, 0.6) is 0 Å². The number of thioether (sulfide) groups is 1. The van der Waals surface area contributed by atoms with Crippen LogP contribution in [0.25, 0.3) is 6.08 Å². The van der Waals surface area contributed by atoms with Crippen LogP contribution in [0.1, 0.15) is 5.56 Å². The lowest BCUT2D eigenvalue weighted by atomic mass is 10.2. The van der Waals surface area contributed by atoms with Crippen molar-refractivity contribution in [2.45, 2.75) is 16.4 Å². The first-order valence-corrected chi connectivity index (χ1v) is 10.1. The maximum absolute atomic E-state index is 11.4. The van der Waals surface area contributed by atoms with E-state index in [0.717, 1.165) is 5.56 Å². The molecule has 1 aromatic carbocycles. The van der Waals surface area contributed by atoms with Crippen LogP contribution < -0.4 is 0 Å². The van der Waals surface area contributed by atoms with E-state index in [4.69, 9.17) is 9.47 Å². The lowest BCUT2D eigenvalue weighted by Crippen LogP contribution is -2.32. The Morgan fingerprint density at radius 1 is 1.14 bits per heavy atom. The second-order valence-corrected chi connectivity index (χ2v) is 8.13. The fourth-order valence-electron chi connectivity index (χ4n) is 1.90. The summed E-state index contributed by atoms with van der Waals surface area (Å²) in [5.41, 5.74) is 0.935. The fraction of sp³-hybridized carbons (Fsp3) is 0.375. The molecule has 0 bridgehead atoms. The molecule has 0 unspecified atom stereocenters. The minimum atomic E-state index is -3.14. The normalized spacial score (nSPS) is 23.4. The highest BCUT2D eigenvalue weighted by Gasteiger charge is 2.18. The summed E-state index contributed by atoms with van der Waals surface area (Å²) in [5, 5.41) is 0.411. The molecule has 0 aromatic heterocycles. The maximum Gasteiger partial charge on any atom is 0.177 e. The molecule has 0 amide bonds. The van der Waals surface area contributed by atoms with Gasteiger partial charge < -0.3 is 9.47 Å². The molecule has 0 aliphatic carbocycles. The summed E-state index contributed by atoms with van der Waals surface area (Å²) < 4.78 is 33.8. The molecule has 1 saturated heterocycles. The van der Waals surface area contributed by atoms with Gasteiger partial charge in [0.15, 0.2) is 16.1 Å². The van der Waals surface area contributed by atoms with E-state index < -0.39 is 9.84 Å². The Bertz CT molecular complexity index is 625. The van der Waals surface area contributed by atoms with Gasteiger partial charge in [0.2, 0.25) is 0 Å². The Labute approximate surface area is 136 Å². The van der Waals surface area contributed by atoms with Crippen molar-refractivity contribution in [3.63, 3.8) is 0 Å². The third kappa shape index (κ3) is 5.28. The number of hydrogen-bond acceptors (Lipinski definition) is 5. The second kappa shape index (κ2) is 7.97. The Kier molecular flexibility index (Phi) is 6.26. The fourth-order valence-corrected chi connectivity index (χ4v) is 2.96. The van der Waals surface area contributed by atoms with Gasteiger partial charge in [-0.05, 0) is 30.0 Å². The topological polar surface area (TPSA) is 52.6 Å². The smallest absolute Gasteiger partial charge is 0.177 e. The SMILES string of the molecule is CSC1COC(/C=C/C=C/c2ccc(S(C)(=O)=O)cc2)OC1. The number of rotatable bonds is 5. The molecule has 1 fully saturated rings. The van der Waals surface area contributed by atoms with Gasteiger partial charge in [-0.1, -0.05) is 30.4 Å². The largest absolute Gasteiger partial charge is 0.348 e. The number of allylic oxidation sites excluding steroid dienone is 2. The Hall–Kier alpha value is -1.08. The molecule has 0 spiro atoms. The first-order valence-electron chi connectivity index (χ1n) is 6.90. The molecule has 4 nitrogen and oxygen atoms in total. The zero-order chi connectivity index (χ0) is 16.0. The summed E-state index contributed by atoms with van der Waals surface area (Å²) in [7, 11) is -3.14. The van der Waals surface area contributed by atoms with Gasteiger partial charge in [0, 0.05) is 6.26 Å². The van der Waals surface area contributed by atoms with E-state index in [1.807, 2.05) is 30.6 Å². The van der Waals surface area contributed by atoms with Crippen LogP contribution in [-0.2, 0) is 19.3 Å². The summed E-state index contributed by atoms with van der Waals surface area (Å²) in [6.07, 6.45) is 10.5. The van der Waals surface area contributed by atoms with Crippen LogP contribution in [0, 0.1) is 0 Å². The van der Waals surface area contributed by atoms with E-state index in [9.17, 15) is 8.42 Å². The monoisotopic (exact) mass is 340 g/mol. The third-order valence-corrected chi connectivity index (χ3v) is 5.27. The molecule has 1 heterocycles. The zero-order valence-electron chi connectivity index (χ0n) is 12.6. The van der Waals surface area contributed by atoms with Crippen LogP contribution in [0.2, 0.25) is 0 Å². The quantitative estimate of drug-likeness (QED) is 0.772. The van der Waals surface area contributed by atoms with Gasteiger partial charge in [-0.2, -0.15) is 11.8 Å². The first kappa shape index (κ1) is 17.3. The van der Waals surface area contributed by atoms with E-state index in [-0.39, 0.29) is 6.29 Å². The minimum Gasteiger partial charge on any atom is -0.348 e. The molecule has 1 aromatic rings. The summed E-state index contributed by atoms with van der Waals surface area (Å²) in [5.74, 6) is 0. The average molecular weight is 340 g/mol. The molecule has 0 saturated carbocycles. The number of hydrogen-bond donors (Lipinski definition) is 0. The van der Waals surface area contributed by atoms with Gasteiger partial charge in [0.1, 0.15) is 0 Å². The third-order valence-electron chi connectivity index (χ3n) is 3.20. The van der Waals surface area contributed by atoms with Gasteiger partial charge in [0.05, 0.1) is 23.4 Å². The maximum atomic E-state index is 11.4. The molecule has 0 N–H and O–H groups in total. The van der Waals surface area contributed by atoms with Crippen molar-refractivity contribution in [2.24, 2.45) is 0 Å². The molecular weight excluding hydrogens is 320 g/mol. The van der Waals surface area contributed by atoms with E-state index in [1.54, 1.807) is 36.0 Å². The van der Waals surface area contributed by atoms with Crippen LogP contribution in [0.4, 0.5) is 0 Å². The number of ether oxygens (including phenoxy) is 2. The highest BCUT2D eigenvalue weighted by atomic mass is 32.2. The molecule has 2 rings (SSSR count). The van der Waals surface area contributed by atoms with Crippen molar-refractivity contribution in [3.8, 4) is 0 Å². The van der Waals surface area contributed by atoms with E-state index >= 15 is 0 Å². The van der Waals surface area contributed by atoms with E-state index in [0.29, 0.717) is 23.4 Å². The van der Waals surface area contributed by atoms with Gasteiger partial charge in [-0.15, -0.1) is 0 Å². The van der Waals surface area contributed by atoms with Crippen LogP contribution >= 0.6 is 11.8 Å². The lowest BCUT2D eigenvalue weighted by Gasteiger charge is -2.26. The minimum absolute atomic E-state index is 0.291. The molecular formula is C16H20O4S2. The van der Waals surface area contributed by atoms with E-state index in [1.165, 1.54) is 6.26 Å². The second-order valence-electron chi connectivity index (χ2n) is 4.98. The predicted molar refractivity (Wildman–Crippen MR) is 90.7 cm³/mol. The van der Waals surface area contributed by atoms with Crippen molar-refractivity contribution in [1.82, 2.24) is 0 Å². The van der Waals surface area contributed by atoms with Crippen molar-refractivity contribution in [2.75, 3.05) is 25.7 Å². The van der Waals surface area contributed by atoms with Crippen LogP contribution in [0.15, 0.2) is 47.4 Å². The van der Waals surface area contributed by atoms with Gasteiger partial charge in [0.25, 0.3) is 0 Å². The van der Waals surface area contributed by atoms with Gasteiger partial charge in [-0.25, -0.2) is 8.42 Å². The van der Waals surface area contributed by atoms with E-state index in [2.05, 4.69) is 0 Å². The zero-order valence-corrected chi connectivity index (χ0v) is 14.3. The molecule has 0 radical (unpaired) electrons. The average Bonchev–Trinajstić information content (AvgIpc) is 2.52. The molecule has 22 heavy (non-hydrogen) atoms. The van der Waals surface area contributed by atoms with Gasteiger partial charge >= 0.3 is 0 Å². The Morgan fingerprint density at radius 3 is 2.32 bits per heavy atom. The predicted octanol–water partition coefficient (Wildman–Crippen LogP) is 2.76. The van der Waals surface area contributed by atoms with Crippen molar-refractivity contribution in [3.05, 3.63) is 48.1 Å². The van der Waals surface area contributed by atoms with Crippen LogP contribution in [0.3, 0.4) is 0 Å². The standard InChI is InChI=1S/C16H20O4S2/c1-21-14-11-19-16(20-12-14)6-4-3-5-13-7-9-15(10-8-13)22(2,17)18/h3-10,14,16H,11-12H2,1-2H3/b5-3+,6-4+. The summed E-state index contributed by atoms with van der Waals surface area (Å²) in [4.78, 5) is 0.326. The summed E-state index contributed by atoms with van der Waals surface area (Å²) in [6, 6.07) is 6.76. The first-order chi connectivity index (χ1) is 10.5. The molecule has 1 aliphatic rings. The molecule has 1 aliphatic heterocycles.